The molecule has 0 saturated heterocycles. The number of hydrogen-bond acceptors (Lipinski definition) is 5. The van der Waals surface area contributed by atoms with Crippen molar-refractivity contribution in [2.24, 2.45) is 0 Å². The van der Waals surface area contributed by atoms with Crippen molar-refractivity contribution >= 4 is 11.9 Å². The second-order valence-corrected chi connectivity index (χ2v) is 7.07. The molecule has 0 unspecified atom stereocenters. The number of carbonyl (C=O) groups excluding carboxylic acids is 1. The first-order valence-corrected chi connectivity index (χ1v) is 9.86. The van der Waals surface area contributed by atoms with Gasteiger partial charge in [0.15, 0.2) is 5.78 Å². The molecule has 0 fully saturated rings. The molecule has 6 heteroatoms. The number of nitrogens with zero attached hydrogens (tertiary/aromatic N) is 2. The Balaban J connectivity index is 1.50. The van der Waals surface area contributed by atoms with E-state index in [-0.39, 0.29) is 5.78 Å². The van der Waals surface area contributed by atoms with Gasteiger partial charge in [0, 0.05) is 29.1 Å². The second kappa shape index (κ2) is 8.86. The number of rotatable bonds is 7. The number of imidazole rings is 1. The number of ether oxygens (including phenoxy) is 3. The highest BCUT2D eigenvalue weighted by atomic mass is 16.5. The summed E-state index contributed by atoms with van der Waals surface area (Å²) < 4.78 is 18.6. The number of methoxy groups -OCH3 is 2. The molecule has 0 amide bonds. The molecule has 4 rings (SSSR count). The summed E-state index contributed by atoms with van der Waals surface area (Å²) in [6, 6.07) is 11.3. The first-order valence-electron chi connectivity index (χ1n) is 9.86. The van der Waals surface area contributed by atoms with Gasteiger partial charge in [0.2, 0.25) is 0 Å². The second-order valence-electron chi connectivity index (χ2n) is 7.07. The SMILES string of the molecule is COc1ccc(OC)c(C=C2CCc3cc(OCCn4ccnc4)ccc3C2=O)c1. The molecular weight excluding hydrogens is 380 g/mol. The summed E-state index contributed by atoms with van der Waals surface area (Å²) in [6.07, 6.45) is 8.78. The van der Waals surface area contributed by atoms with Crippen LogP contribution < -0.4 is 14.2 Å². The zero-order chi connectivity index (χ0) is 20.9. The third-order valence-corrected chi connectivity index (χ3v) is 5.22. The molecule has 1 heterocycles. The molecule has 3 aromatic rings. The van der Waals surface area contributed by atoms with Crippen LogP contribution in [0.15, 0.2) is 60.7 Å². The molecule has 0 N–H and O–H groups in total. The van der Waals surface area contributed by atoms with Gasteiger partial charge in [0.05, 0.1) is 27.1 Å². The highest BCUT2D eigenvalue weighted by molar-refractivity contribution is 6.13. The predicted octanol–water partition coefficient (Wildman–Crippen LogP) is 4.19. The molecule has 0 bridgehead atoms. The van der Waals surface area contributed by atoms with Crippen molar-refractivity contribution in [3.63, 3.8) is 0 Å². The van der Waals surface area contributed by atoms with Crippen LogP contribution in [-0.4, -0.2) is 36.2 Å². The first-order chi connectivity index (χ1) is 14.7. The van der Waals surface area contributed by atoms with Gasteiger partial charge < -0.3 is 18.8 Å². The Labute approximate surface area is 175 Å². The Morgan fingerprint density at radius 3 is 2.70 bits per heavy atom. The van der Waals surface area contributed by atoms with Gasteiger partial charge in [-0.05, 0) is 60.9 Å². The Kier molecular flexibility index (Phi) is 5.84. The van der Waals surface area contributed by atoms with Gasteiger partial charge >= 0.3 is 0 Å². The fourth-order valence-corrected chi connectivity index (χ4v) is 3.61. The molecule has 1 aliphatic rings. The van der Waals surface area contributed by atoms with Gasteiger partial charge in [0.25, 0.3) is 0 Å². The van der Waals surface area contributed by atoms with Crippen molar-refractivity contribution in [1.82, 2.24) is 9.55 Å². The number of aryl methyl sites for hydroxylation is 1. The fraction of sp³-hybridized carbons (Fsp3) is 0.250. The molecule has 1 aromatic heterocycles. The number of allylic oxidation sites excluding steroid dienone is 1. The summed E-state index contributed by atoms with van der Waals surface area (Å²) in [6.45, 7) is 1.27. The van der Waals surface area contributed by atoms with Gasteiger partial charge in [-0.3, -0.25) is 4.79 Å². The zero-order valence-electron chi connectivity index (χ0n) is 17.1. The molecular formula is C24H24N2O4. The van der Waals surface area contributed by atoms with Crippen LogP contribution in [0, 0.1) is 0 Å². The maximum Gasteiger partial charge on any atom is 0.189 e. The van der Waals surface area contributed by atoms with Crippen LogP contribution in [0.3, 0.4) is 0 Å². The smallest absolute Gasteiger partial charge is 0.189 e. The predicted molar refractivity (Wildman–Crippen MR) is 114 cm³/mol. The standard InChI is InChI=1S/C24H24N2O4/c1-28-20-6-8-23(29-2)19(15-20)13-18-4-3-17-14-21(5-7-22(17)24(18)27)30-12-11-26-10-9-25-16-26/h5-10,13-16H,3-4,11-12H2,1-2H3. The minimum atomic E-state index is 0.0473. The van der Waals surface area contributed by atoms with E-state index in [0.717, 1.165) is 46.7 Å². The molecule has 0 atom stereocenters. The van der Waals surface area contributed by atoms with E-state index in [1.807, 2.05) is 53.2 Å². The minimum Gasteiger partial charge on any atom is -0.497 e. The third kappa shape index (κ3) is 4.22. The Bertz CT molecular complexity index is 1070. The largest absolute Gasteiger partial charge is 0.497 e. The number of ketones is 1. The van der Waals surface area contributed by atoms with Gasteiger partial charge in [0.1, 0.15) is 23.9 Å². The molecule has 6 nitrogen and oxygen atoms in total. The van der Waals surface area contributed by atoms with Crippen LogP contribution in [0.4, 0.5) is 0 Å². The monoisotopic (exact) mass is 404 g/mol. The summed E-state index contributed by atoms with van der Waals surface area (Å²) in [5.41, 5.74) is 3.36. The van der Waals surface area contributed by atoms with Crippen molar-refractivity contribution in [2.75, 3.05) is 20.8 Å². The topological polar surface area (TPSA) is 62.6 Å². The van der Waals surface area contributed by atoms with Crippen molar-refractivity contribution in [1.29, 1.82) is 0 Å². The van der Waals surface area contributed by atoms with E-state index in [0.29, 0.717) is 18.8 Å². The van der Waals surface area contributed by atoms with Gasteiger partial charge in [-0.25, -0.2) is 4.98 Å². The lowest BCUT2D eigenvalue weighted by atomic mass is 9.86. The van der Waals surface area contributed by atoms with Crippen LogP contribution in [-0.2, 0) is 13.0 Å². The van der Waals surface area contributed by atoms with Crippen molar-refractivity contribution in [3.05, 3.63) is 77.4 Å². The minimum absolute atomic E-state index is 0.0473. The zero-order valence-corrected chi connectivity index (χ0v) is 17.1. The molecule has 0 spiro atoms. The summed E-state index contributed by atoms with van der Waals surface area (Å²) in [4.78, 5) is 17.1. The number of fused-ring (bicyclic) bond motifs is 1. The van der Waals surface area contributed by atoms with Crippen LogP contribution in [0.25, 0.3) is 6.08 Å². The molecule has 0 saturated carbocycles. The average Bonchev–Trinajstić information content (AvgIpc) is 3.29. The lowest BCUT2D eigenvalue weighted by Gasteiger charge is -2.19. The molecule has 1 aliphatic carbocycles. The highest BCUT2D eigenvalue weighted by Crippen LogP contribution is 2.32. The number of benzene rings is 2. The van der Waals surface area contributed by atoms with E-state index in [1.54, 1.807) is 26.7 Å². The van der Waals surface area contributed by atoms with E-state index in [9.17, 15) is 4.79 Å². The van der Waals surface area contributed by atoms with Crippen molar-refractivity contribution in [3.8, 4) is 17.2 Å². The van der Waals surface area contributed by atoms with Crippen molar-refractivity contribution < 1.29 is 19.0 Å². The van der Waals surface area contributed by atoms with E-state index < -0.39 is 0 Å². The highest BCUT2D eigenvalue weighted by Gasteiger charge is 2.23. The first kappa shape index (κ1) is 19.8. The van der Waals surface area contributed by atoms with Crippen molar-refractivity contribution in [2.45, 2.75) is 19.4 Å². The third-order valence-electron chi connectivity index (χ3n) is 5.22. The average molecular weight is 404 g/mol. The summed E-state index contributed by atoms with van der Waals surface area (Å²) >= 11 is 0. The van der Waals surface area contributed by atoms with Gasteiger partial charge in [-0.15, -0.1) is 0 Å². The maximum absolute atomic E-state index is 13.1. The van der Waals surface area contributed by atoms with Gasteiger partial charge in [-0.1, -0.05) is 0 Å². The van der Waals surface area contributed by atoms with E-state index >= 15 is 0 Å². The van der Waals surface area contributed by atoms with E-state index in [2.05, 4.69) is 4.98 Å². The summed E-state index contributed by atoms with van der Waals surface area (Å²) in [5, 5.41) is 0. The Morgan fingerprint density at radius 1 is 1.07 bits per heavy atom. The molecule has 30 heavy (non-hydrogen) atoms. The summed E-state index contributed by atoms with van der Waals surface area (Å²) in [5.74, 6) is 2.27. The van der Waals surface area contributed by atoms with Crippen LogP contribution in [0.1, 0.15) is 27.9 Å². The van der Waals surface area contributed by atoms with Crippen LogP contribution >= 0.6 is 0 Å². The van der Waals surface area contributed by atoms with Gasteiger partial charge in [-0.2, -0.15) is 0 Å². The Morgan fingerprint density at radius 2 is 1.93 bits per heavy atom. The molecule has 154 valence electrons. The number of Topliss-reactive ketones (excluding diaryl/α,β-unsaturated/α-hetero) is 1. The van der Waals surface area contributed by atoms with Crippen LogP contribution in [0.2, 0.25) is 0 Å². The quantitative estimate of drug-likeness (QED) is 0.553. The lowest BCUT2D eigenvalue weighted by Crippen LogP contribution is -2.14. The summed E-state index contributed by atoms with van der Waals surface area (Å²) in [7, 11) is 3.24. The maximum atomic E-state index is 13.1. The number of carbonyl (C=O) groups is 1. The fourth-order valence-electron chi connectivity index (χ4n) is 3.61. The Hall–Kier alpha value is -3.54. The van der Waals surface area contributed by atoms with E-state index in [4.69, 9.17) is 14.2 Å². The normalized spacial score (nSPS) is 14.5. The number of hydrogen-bond donors (Lipinski definition) is 0. The molecule has 0 radical (unpaired) electrons. The molecule has 0 aliphatic heterocycles. The van der Waals surface area contributed by atoms with E-state index in [1.165, 1.54) is 0 Å². The lowest BCUT2D eigenvalue weighted by molar-refractivity contribution is 0.102. The molecule has 2 aromatic carbocycles. The van der Waals surface area contributed by atoms with Crippen LogP contribution in [0.5, 0.6) is 17.2 Å². The number of aromatic nitrogens is 2.